The normalized spacial score (nSPS) is 21.2. The molecule has 1 aromatic rings. The van der Waals surface area contributed by atoms with Crippen LogP contribution in [-0.2, 0) is 4.79 Å². The molecule has 0 spiro atoms. The Labute approximate surface area is 125 Å². The van der Waals surface area contributed by atoms with E-state index in [0.717, 1.165) is 37.0 Å². The summed E-state index contributed by atoms with van der Waals surface area (Å²) in [6, 6.07) is 10.2. The van der Waals surface area contributed by atoms with E-state index in [1.54, 1.807) is 4.90 Å². The average Bonchev–Trinajstić information content (AvgIpc) is 3.05. The van der Waals surface area contributed by atoms with E-state index in [4.69, 9.17) is 10.00 Å². The first-order chi connectivity index (χ1) is 10.3. The molecule has 4 heteroatoms. The largest absolute Gasteiger partial charge is 0.493 e. The number of hydrogen-bond acceptors (Lipinski definition) is 3. The highest BCUT2D eigenvalue weighted by molar-refractivity contribution is 5.85. The summed E-state index contributed by atoms with van der Waals surface area (Å²) in [6.07, 6.45) is 5.07. The van der Waals surface area contributed by atoms with Crippen LogP contribution in [0.4, 0.5) is 0 Å². The van der Waals surface area contributed by atoms with Gasteiger partial charge in [-0.3, -0.25) is 4.79 Å². The van der Waals surface area contributed by atoms with Gasteiger partial charge in [-0.1, -0.05) is 31.0 Å². The molecule has 110 valence electrons. The maximum absolute atomic E-state index is 13.0. The molecule has 0 saturated heterocycles. The molecule has 1 amide bonds. The highest BCUT2D eigenvalue weighted by Gasteiger charge is 2.34. The van der Waals surface area contributed by atoms with Crippen LogP contribution in [0.25, 0.3) is 0 Å². The molecular weight excluding hydrogens is 264 g/mol. The third kappa shape index (κ3) is 2.73. The molecule has 1 aromatic carbocycles. The van der Waals surface area contributed by atoms with Crippen molar-refractivity contribution in [1.82, 2.24) is 4.90 Å². The molecule has 0 N–H and O–H groups in total. The maximum Gasteiger partial charge on any atom is 0.231 e. The van der Waals surface area contributed by atoms with E-state index >= 15 is 0 Å². The third-order valence-corrected chi connectivity index (χ3v) is 4.55. The van der Waals surface area contributed by atoms with E-state index in [2.05, 4.69) is 6.07 Å². The molecule has 1 heterocycles. The van der Waals surface area contributed by atoms with Crippen LogP contribution in [0, 0.1) is 11.3 Å². The molecule has 1 saturated carbocycles. The van der Waals surface area contributed by atoms with Gasteiger partial charge in [0.25, 0.3) is 0 Å². The van der Waals surface area contributed by atoms with Crippen molar-refractivity contribution in [2.45, 2.75) is 44.1 Å². The van der Waals surface area contributed by atoms with Gasteiger partial charge in [0.15, 0.2) is 0 Å². The second kappa shape index (κ2) is 6.17. The number of carbonyl (C=O) groups is 1. The van der Waals surface area contributed by atoms with Gasteiger partial charge in [0.2, 0.25) is 5.91 Å². The molecule has 21 heavy (non-hydrogen) atoms. The Bertz CT molecular complexity index is 558. The quantitative estimate of drug-likeness (QED) is 0.802. The van der Waals surface area contributed by atoms with Crippen LogP contribution in [0.3, 0.4) is 0 Å². The molecular formula is C17H20N2O2. The Morgan fingerprint density at radius 1 is 1.29 bits per heavy atom. The molecule has 0 bridgehead atoms. The summed E-state index contributed by atoms with van der Waals surface area (Å²) in [6.45, 7) is 0.765. The number of nitrogens with zero attached hydrogens (tertiary/aromatic N) is 2. The van der Waals surface area contributed by atoms with Crippen LogP contribution >= 0.6 is 0 Å². The Hall–Kier alpha value is -2.02. The molecule has 1 aliphatic heterocycles. The van der Waals surface area contributed by atoms with Gasteiger partial charge in [0.1, 0.15) is 12.3 Å². The predicted molar refractivity (Wildman–Crippen MR) is 78.9 cm³/mol. The topological polar surface area (TPSA) is 53.3 Å². The average molecular weight is 284 g/mol. The van der Waals surface area contributed by atoms with E-state index in [1.165, 1.54) is 0 Å². The van der Waals surface area contributed by atoms with Gasteiger partial charge in [0.05, 0.1) is 18.6 Å². The Kier molecular flexibility index (Phi) is 4.10. The number of rotatable bonds is 3. The van der Waals surface area contributed by atoms with Gasteiger partial charge >= 0.3 is 0 Å². The van der Waals surface area contributed by atoms with Gasteiger partial charge in [-0.2, -0.15) is 5.26 Å². The number of ether oxygens (including phenoxy) is 1. The summed E-state index contributed by atoms with van der Waals surface area (Å²) in [5, 5.41) is 9.07. The minimum atomic E-state index is -0.163. The van der Waals surface area contributed by atoms with E-state index in [9.17, 15) is 4.79 Å². The second-order valence-electron chi connectivity index (χ2n) is 5.79. The van der Waals surface area contributed by atoms with Crippen molar-refractivity contribution in [3.05, 3.63) is 29.8 Å². The van der Waals surface area contributed by atoms with Gasteiger partial charge in [0, 0.05) is 11.6 Å². The lowest BCUT2D eigenvalue weighted by Crippen LogP contribution is -2.43. The van der Waals surface area contributed by atoms with Gasteiger partial charge in [-0.25, -0.2) is 0 Å². The molecule has 2 aliphatic rings. The van der Waals surface area contributed by atoms with E-state index in [0.29, 0.717) is 13.0 Å². The minimum Gasteiger partial charge on any atom is -0.493 e. The second-order valence-corrected chi connectivity index (χ2v) is 5.79. The molecule has 3 rings (SSSR count). The standard InChI is InChI=1S/C17H20N2O2/c18-10-11-19(13-5-1-2-6-13)17(20)15-9-12-21-16-8-4-3-7-14(15)16/h3-4,7-8,13,15H,1-2,5-6,9,11-12H2. The minimum absolute atomic E-state index is 0.0965. The Morgan fingerprint density at radius 2 is 2.05 bits per heavy atom. The fourth-order valence-corrected chi connectivity index (χ4v) is 3.48. The van der Waals surface area contributed by atoms with Crippen LogP contribution in [0.5, 0.6) is 5.75 Å². The first-order valence-corrected chi connectivity index (χ1v) is 7.70. The molecule has 0 radical (unpaired) electrons. The monoisotopic (exact) mass is 284 g/mol. The SMILES string of the molecule is N#CCN(C(=O)C1CCOc2ccccc21)C1CCCC1. The van der Waals surface area contributed by atoms with Crippen LogP contribution in [-0.4, -0.2) is 30.0 Å². The first kappa shape index (κ1) is 13.9. The van der Waals surface area contributed by atoms with Crippen molar-refractivity contribution in [3.63, 3.8) is 0 Å². The van der Waals surface area contributed by atoms with Crippen molar-refractivity contribution >= 4 is 5.91 Å². The zero-order valence-electron chi connectivity index (χ0n) is 12.1. The number of fused-ring (bicyclic) bond motifs is 1. The summed E-state index contributed by atoms with van der Waals surface area (Å²) in [5.41, 5.74) is 0.967. The fourth-order valence-electron chi connectivity index (χ4n) is 3.48. The van der Waals surface area contributed by atoms with E-state index in [1.807, 2.05) is 24.3 Å². The highest BCUT2D eigenvalue weighted by Crippen LogP contribution is 2.36. The van der Waals surface area contributed by atoms with Crippen molar-refractivity contribution in [2.75, 3.05) is 13.2 Å². The van der Waals surface area contributed by atoms with Crippen LogP contribution in [0.1, 0.15) is 43.6 Å². The van der Waals surface area contributed by atoms with Crippen LogP contribution in [0.15, 0.2) is 24.3 Å². The smallest absolute Gasteiger partial charge is 0.231 e. The van der Waals surface area contributed by atoms with E-state index in [-0.39, 0.29) is 24.4 Å². The third-order valence-electron chi connectivity index (χ3n) is 4.55. The summed E-state index contributed by atoms with van der Waals surface area (Å²) in [5.74, 6) is 0.744. The molecule has 1 fully saturated rings. The van der Waals surface area contributed by atoms with Crippen LogP contribution < -0.4 is 4.74 Å². The lowest BCUT2D eigenvalue weighted by molar-refractivity contribution is -0.135. The van der Waals surface area contributed by atoms with E-state index < -0.39 is 0 Å². The Morgan fingerprint density at radius 3 is 2.81 bits per heavy atom. The van der Waals surface area contributed by atoms with Gasteiger partial charge < -0.3 is 9.64 Å². The molecule has 4 nitrogen and oxygen atoms in total. The number of amides is 1. The van der Waals surface area contributed by atoms with Crippen molar-refractivity contribution in [2.24, 2.45) is 0 Å². The van der Waals surface area contributed by atoms with Crippen molar-refractivity contribution in [3.8, 4) is 11.8 Å². The highest BCUT2D eigenvalue weighted by atomic mass is 16.5. The summed E-state index contributed by atoms with van der Waals surface area (Å²) < 4.78 is 5.63. The van der Waals surface area contributed by atoms with Crippen LogP contribution in [0.2, 0.25) is 0 Å². The molecule has 1 unspecified atom stereocenters. The number of benzene rings is 1. The first-order valence-electron chi connectivity index (χ1n) is 7.70. The number of nitriles is 1. The van der Waals surface area contributed by atoms with Crippen molar-refractivity contribution in [1.29, 1.82) is 5.26 Å². The fraction of sp³-hybridized carbons (Fsp3) is 0.529. The molecule has 1 aliphatic carbocycles. The lowest BCUT2D eigenvalue weighted by atomic mass is 9.91. The maximum atomic E-state index is 13.0. The summed E-state index contributed by atoms with van der Waals surface area (Å²) >= 11 is 0. The van der Waals surface area contributed by atoms with Crippen molar-refractivity contribution < 1.29 is 9.53 Å². The number of para-hydroxylation sites is 1. The summed E-state index contributed by atoms with van der Waals surface area (Å²) in [4.78, 5) is 14.8. The Balaban J connectivity index is 1.85. The zero-order chi connectivity index (χ0) is 14.7. The number of hydrogen-bond donors (Lipinski definition) is 0. The van der Waals surface area contributed by atoms with Gasteiger partial charge in [-0.15, -0.1) is 0 Å². The summed E-state index contributed by atoms with van der Waals surface area (Å²) in [7, 11) is 0. The molecule has 0 aromatic heterocycles. The lowest BCUT2D eigenvalue weighted by Gasteiger charge is -2.33. The zero-order valence-corrected chi connectivity index (χ0v) is 12.1. The number of carbonyl (C=O) groups excluding carboxylic acids is 1. The predicted octanol–water partition coefficient (Wildman–Crippen LogP) is 2.85. The van der Waals surface area contributed by atoms with Gasteiger partial charge in [-0.05, 0) is 25.3 Å². The molecule has 1 atom stereocenters.